The number of nitrogens with zero attached hydrogens (tertiary/aromatic N) is 1. The maximum atomic E-state index is 12.6. The molecule has 3 aromatic rings. The molecule has 0 unspecified atom stereocenters. The maximum absolute atomic E-state index is 12.6. The van der Waals surface area contributed by atoms with Gasteiger partial charge >= 0.3 is 5.69 Å². The van der Waals surface area contributed by atoms with E-state index in [2.05, 4.69) is 26.2 Å². The zero-order chi connectivity index (χ0) is 19.1. The van der Waals surface area contributed by atoms with Gasteiger partial charge in [-0.2, -0.15) is 0 Å². The predicted molar refractivity (Wildman–Crippen MR) is 109 cm³/mol. The number of halogens is 1. The van der Waals surface area contributed by atoms with Crippen LogP contribution in [0.2, 0.25) is 0 Å². The van der Waals surface area contributed by atoms with Gasteiger partial charge in [-0.05, 0) is 71.6 Å². The van der Waals surface area contributed by atoms with Crippen molar-refractivity contribution in [3.63, 3.8) is 0 Å². The molecular formula is C20H20BrN3O3. The molecule has 4 rings (SSSR count). The van der Waals surface area contributed by atoms with E-state index in [1.165, 1.54) is 0 Å². The van der Waals surface area contributed by atoms with Crippen molar-refractivity contribution in [2.24, 2.45) is 0 Å². The van der Waals surface area contributed by atoms with Gasteiger partial charge in [0.25, 0.3) is 5.91 Å². The van der Waals surface area contributed by atoms with Crippen molar-refractivity contribution in [2.75, 3.05) is 5.32 Å². The largest absolute Gasteiger partial charge is 0.505 e. The van der Waals surface area contributed by atoms with Gasteiger partial charge in [-0.15, -0.1) is 0 Å². The molecule has 0 radical (unpaired) electrons. The van der Waals surface area contributed by atoms with Crippen LogP contribution in [0.3, 0.4) is 0 Å². The Balaban J connectivity index is 1.66. The summed E-state index contributed by atoms with van der Waals surface area (Å²) in [7, 11) is 0. The molecule has 3 N–H and O–H groups in total. The molecule has 6 nitrogen and oxygen atoms in total. The number of nitrogens with one attached hydrogen (secondary N) is 2. The first kappa shape index (κ1) is 17.9. The van der Waals surface area contributed by atoms with Gasteiger partial charge in [0.05, 0.1) is 21.2 Å². The Morgan fingerprint density at radius 3 is 2.74 bits per heavy atom. The Hall–Kier alpha value is -2.54. The number of H-pyrrole nitrogens is 1. The van der Waals surface area contributed by atoms with Crippen molar-refractivity contribution in [1.82, 2.24) is 9.55 Å². The average Bonchev–Trinajstić information content (AvgIpc) is 3.24. The molecule has 1 aromatic heterocycles. The van der Waals surface area contributed by atoms with Crippen molar-refractivity contribution < 1.29 is 9.90 Å². The monoisotopic (exact) mass is 429 g/mol. The molecule has 140 valence electrons. The number of carbonyl (C=O) groups is 1. The highest BCUT2D eigenvalue weighted by molar-refractivity contribution is 9.10. The molecule has 1 saturated carbocycles. The Morgan fingerprint density at radius 2 is 2.00 bits per heavy atom. The summed E-state index contributed by atoms with van der Waals surface area (Å²) in [6, 6.07) is 8.90. The molecule has 1 amide bonds. The normalized spacial score (nSPS) is 14.7. The summed E-state index contributed by atoms with van der Waals surface area (Å²) in [5.41, 5.74) is 3.00. The zero-order valence-corrected chi connectivity index (χ0v) is 16.5. The van der Waals surface area contributed by atoms with E-state index in [1.54, 1.807) is 24.3 Å². The van der Waals surface area contributed by atoms with E-state index in [4.69, 9.17) is 0 Å². The van der Waals surface area contributed by atoms with Gasteiger partial charge in [-0.25, -0.2) is 4.79 Å². The molecule has 27 heavy (non-hydrogen) atoms. The van der Waals surface area contributed by atoms with Crippen molar-refractivity contribution in [3.05, 3.63) is 56.4 Å². The highest BCUT2D eigenvalue weighted by atomic mass is 79.9. The highest BCUT2D eigenvalue weighted by Gasteiger charge is 2.21. The van der Waals surface area contributed by atoms with Crippen LogP contribution in [0, 0.1) is 6.92 Å². The summed E-state index contributed by atoms with van der Waals surface area (Å²) < 4.78 is 2.33. The summed E-state index contributed by atoms with van der Waals surface area (Å²) in [6.45, 7) is 1.88. The minimum atomic E-state index is -0.348. The highest BCUT2D eigenvalue weighted by Crippen LogP contribution is 2.34. The summed E-state index contributed by atoms with van der Waals surface area (Å²) in [5.74, 6) is -0.366. The number of aromatic nitrogens is 2. The lowest BCUT2D eigenvalue weighted by Gasteiger charge is -2.12. The number of aromatic hydroxyl groups is 1. The molecule has 0 spiro atoms. The van der Waals surface area contributed by atoms with E-state index in [0.29, 0.717) is 21.2 Å². The third-order valence-electron chi connectivity index (χ3n) is 5.12. The quantitative estimate of drug-likeness (QED) is 0.536. The molecule has 1 aliphatic rings. The number of amides is 1. The first-order valence-electron chi connectivity index (χ1n) is 8.99. The second-order valence-corrected chi connectivity index (χ2v) is 7.92. The molecule has 0 saturated heterocycles. The van der Waals surface area contributed by atoms with E-state index < -0.39 is 0 Å². The first-order valence-corrected chi connectivity index (χ1v) is 9.78. The van der Waals surface area contributed by atoms with Gasteiger partial charge < -0.3 is 15.4 Å². The van der Waals surface area contributed by atoms with Gasteiger partial charge in [0.2, 0.25) is 0 Å². The van der Waals surface area contributed by atoms with E-state index in [9.17, 15) is 14.7 Å². The van der Waals surface area contributed by atoms with Gasteiger partial charge in [0.15, 0.2) is 5.75 Å². The van der Waals surface area contributed by atoms with Crippen molar-refractivity contribution in [1.29, 1.82) is 0 Å². The number of imidazole rings is 1. The van der Waals surface area contributed by atoms with E-state index in [1.807, 2.05) is 17.6 Å². The number of rotatable bonds is 3. The lowest BCUT2D eigenvalue weighted by Crippen LogP contribution is -2.20. The minimum absolute atomic E-state index is 0.0178. The van der Waals surface area contributed by atoms with Crippen LogP contribution in [-0.4, -0.2) is 20.6 Å². The number of aromatic amines is 1. The fourth-order valence-corrected chi connectivity index (χ4v) is 4.40. The van der Waals surface area contributed by atoms with Gasteiger partial charge in [-0.1, -0.05) is 12.8 Å². The summed E-state index contributed by atoms with van der Waals surface area (Å²) >= 11 is 3.27. The summed E-state index contributed by atoms with van der Waals surface area (Å²) in [6.07, 6.45) is 4.30. The Morgan fingerprint density at radius 1 is 1.26 bits per heavy atom. The smallest absolute Gasteiger partial charge is 0.326 e. The van der Waals surface area contributed by atoms with Crippen LogP contribution >= 0.6 is 15.9 Å². The number of hydrogen-bond acceptors (Lipinski definition) is 3. The van der Waals surface area contributed by atoms with Crippen LogP contribution < -0.4 is 11.0 Å². The molecule has 7 heteroatoms. The Bertz CT molecular complexity index is 1090. The van der Waals surface area contributed by atoms with Crippen LogP contribution in [0.1, 0.15) is 47.6 Å². The van der Waals surface area contributed by atoms with Gasteiger partial charge in [-0.3, -0.25) is 9.36 Å². The van der Waals surface area contributed by atoms with Crippen LogP contribution in [0.4, 0.5) is 5.69 Å². The summed E-state index contributed by atoms with van der Waals surface area (Å²) in [4.78, 5) is 27.9. The SMILES string of the molecule is Cc1cc(Br)c(O)c(NC(=O)c2ccc3c(c2)[nH]c(=O)n3C2CCCC2)c1. The van der Waals surface area contributed by atoms with Crippen LogP contribution in [0.15, 0.2) is 39.6 Å². The lowest BCUT2D eigenvalue weighted by atomic mass is 10.1. The number of phenolic OH excluding ortho intramolecular Hbond substituents is 1. The fourth-order valence-electron chi connectivity index (χ4n) is 3.82. The fraction of sp³-hybridized carbons (Fsp3) is 0.300. The topological polar surface area (TPSA) is 87.1 Å². The third-order valence-corrected chi connectivity index (χ3v) is 5.73. The molecule has 1 heterocycles. The van der Waals surface area contributed by atoms with E-state index in [0.717, 1.165) is 36.8 Å². The molecule has 0 bridgehead atoms. The van der Waals surface area contributed by atoms with Crippen molar-refractivity contribution in [3.8, 4) is 5.75 Å². The molecule has 0 aliphatic heterocycles. The lowest BCUT2D eigenvalue weighted by molar-refractivity contribution is 0.102. The number of aryl methyl sites for hydroxylation is 1. The second kappa shape index (κ2) is 6.88. The Labute approximate surface area is 164 Å². The van der Waals surface area contributed by atoms with Gasteiger partial charge in [0, 0.05) is 11.6 Å². The first-order chi connectivity index (χ1) is 12.9. The third kappa shape index (κ3) is 3.27. The molecule has 2 aromatic carbocycles. The van der Waals surface area contributed by atoms with Gasteiger partial charge in [0.1, 0.15) is 0 Å². The molecular weight excluding hydrogens is 410 g/mol. The Kier molecular flexibility index (Phi) is 4.55. The van der Waals surface area contributed by atoms with Crippen LogP contribution in [-0.2, 0) is 0 Å². The number of fused-ring (bicyclic) bond motifs is 1. The predicted octanol–water partition coefficient (Wildman–Crippen LogP) is 4.47. The van der Waals surface area contributed by atoms with E-state index >= 15 is 0 Å². The molecule has 0 atom stereocenters. The van der Waals surface area contributed by atoms with E-state index in [-0.39, 0.29) is 23.4 Å². The number of benzene rings is 2. The second-order valence-electron chi connectivity index (χ2n) is 7.07. The standard InChI is InChI=1S/C20H20BrN3O3/c1-11-8-14(21)18(25)16(9-11)22-19(26)12-6-7-17-15(10-12)23-20(27)24(17)13-4-2-3-5-13/h6-10,13,25H,2-5H2,1H3,(H,22,26)(H,23,27). The number of anilines is 1. The van der Waals surface area contributed by atoms with Crippen molar-refractivity contribution in [2.45, 2.75) is 38.6 Å². The average molecular weight is 430 g/mol. The number of phenols is 1. The van der Waals surface area contributed by atoms with Crippen LogP contribution in [0.25, 0.3) is 11.0 Å². The minimum Gasteiger partial charge on any atom is -0.505 e. The maximum Gasteiger partial charge on any atom is 0.326 e. The number of hydrogen-bond donors (Lipinski definition) is 3. The summed E-state index contributed by atoms with van der Waals surface area (Å²) in [5, 5.41) is 12.9. The zero-order valence-electron chi connectivity index (χ0n) is 14.9. The number of carbonyl (C=O) groups excluding carboxylic acids is 1. The molecule has 1 aliphatic carbocycles. The van der Waals surface area contributed by atoms with Crippen LogP contribution in [0.5, 0.6) is 5.75 Å². The molecule has 1 fully saturated rings. The van der Waals surface area contributed by atoms with Crippen molar-refractivity contribution >= 4 is 38.6 Å².